The summed E-state index contributed by atoms with van der Waals surface area (Å²) in [5, 5.41) is 0. The summed E-state index contributed by atoms with van der Waals surface area (Å²) in [5.41, 5.74) is 10.4. The number of benzene rings is 2. The van der Waals surface area contributed by atoms with E-state index in [9.17, 15) is 4.79 Å². The number of carbonyl (C=O) groups excluding carboxylic acids is 1. The van der Waals surface area contributed by atoms with Gasteiger partial charge in [0.05, 0.1) is 20.1 Å². The second-order valence-electron chi connectivity index (χ2n) is 6.27. The molecule has 0 aliphatic heterocycles. The molecule has 2 aromatic carbocycles. The first-order chi connectivity index (χ1) is 12.5. The number of aryl methyl sites for hydroxylation is 1. The summed E-state index contributed by atoms with van der Waals surface area (Å²) in [5.74, 6) is 0.535. The minimum Gasteiger partial charge on any atom is -0.494 e. The van der Waals surface area contributed by atoms with E-state index in [1.54, 1.807) is 0 Å². The lowest BCUT2D eigenvalue weighted by Gasteiger charge is -2.14. The maximum absolute atomic E-state index is 11.5. The van der Waals surface area contributed by atoms with Crippen LogP contribution in [0.2, 0.25) is 0 Å². The monoisotopic (exact) mass is 389 g/mol. The summed E-state index contributed by atoms with van der Waals surface area (Å²) in [6, 6.07) is 13.7. The van der Waals surface area contributed by atoms with Gasteiger partial charge in [-0.2, -0.15) is 0 Å². The minimum absolute atomic E-state index is 0. The second-order valence-corrected chi connectivity index (χ2v) is 6.27. The SMILES string of the molecule is C=CCCCOc1ccc(C)c(-c2cccc([C@@H](N)CC(=O)OC)c2)c1.Cl. The molecule has 27 heavy (non-hydrogen) atoms. The van der Waals surface area contributed by atoms with Crippen LogP contribution in [0.1, 0.15) is 36.4 Å². The van der Waals surface area contributed by atoms with E-state index in [2.05, 4.69) is 19.6 Å². The van der Waals surface area contributed by atoms with E-state index >= 15 is 0 Å². The molecule has 1 atom stereocenters. The fourth-order valence-electron chi connectivity index (χ4n) is 2.74. The van der Waals surface area contributed by atoms with Gasteiger partial charge in [0, 0.05) is 6.04 Å². The Balaban J connectivity index is 0.00000364. The summed E-state index contributed by atoms with van der Waals surface area (Å²) in [6.07, 6.45) is 3.95. The van der Waals surface area contributed by atoms with E-state index in [1.807, 2.05) is 42.5 Å². The molecule has 0 aromatic heterocycles. The van der Waals surface area contributed by atoms with Crippen LogP contribution in [-0.4, -0.2) is 19.7 Å². The van der Waals surface area contributed by atoms with Crippen molar-refractivity contribution in [3.05, 3.63) is 66.2 Å². The molecule has 4 nitrogen and oxygen atoms in total. The van der Waals surface area contributed by atoms with Crippen molar-refractivity contribution in [1.82, 2.24) is 0 Å². The highest BCUT2D eigenvalue weighted by Crippen LogP contribution is 2.30. The van der Waals surface area contributed by atoms with Gasteiger partial charge in [0.15, 0.2) is 0 Å². The van der Waals surface area contributed by atoms with Crippen molar-refractivity contribution in [3.8, 4) is 16.9 Å². The topological polar surface area (TPSA) is 61.5 Å². The number of methoxy groups -OCH3 is 1. The Morgan fingerprint density at radius 1 is 1.26 bits per heavy atom. The van der Waals surface area contributed by atoms with Crippen molar-refractivity contribution in [2.45, 2.75) is 32.2 Å². The molecule has 0 aliphatic carbocycles. The van der Waals surface area contributed by atoms with Crippen LogP contribution < -0.4 is 10.5 Å². The summed E-state index contributed by atoms with van der Waals surface area (Å²) in [4.78, 5) is 11.5. The molecular formula is C22H28ClNO3. The van der Waals surface area contributed by atoms with Gasteiger partial charge >= 0.3 is 5.97 Å². The van der Waals surface area contributed by atoms with Gasteiger partial charge in [0.1, 0.15) is 5.75 Å². The number of rotatable bonds is 9. The van der Waals surface area contributed by atoms with Crippen molar-refractivity contribution in [3.63, 3.8) is 0 Å². The molecule has 0 saturated heterocycles. The van der Waals surface area contributed by atoms with Crippen LogP contribution in [0.15, 0.2) is 55.1 Å². The van der Waals surface area contributed by atoms with Crippen molar-refractivity contribution < 1.29 is 14.3 Å². The molecule has 0 saturated carbocycles. The zero-order chi connectivity index (χ0) is 18.9. The lowest BCUT2D eigenvalue weighted by atomic mass is 9.96. The fourth-order valence-corrected chi connectivity index (χ4v) is 2.74. The van der Waals surface area contributed by atoms with Crippen molar-refractivity contribution in [2.75, 3.05) is 13.7 Å². The Morgan fingerprint density at radius 3 is 2.74 bits per heavy atom. The zero-order valence-electron chi connectivity index (χ0n) is 15.9. The largest absolute Gasteiger partial charge is 0.494 e. The third-order valence-electron chi connectivity index (χ3n) is 4.27. The molecule has 0 fully saturated rings. The number of ether oxygens (including phenoxy) is 2. The van der Waals surface area contributed by atoms with Crippen LogP contribution in [0.25, 0.3) is 11.1 Å². The Morgan fingerprint density at radius 2 is 2.04 bits per heavy atom. The predicted molar refractivity (Wildman–Crippen MR) is 112 cm³/mol. The van der Waals surface area contributed by atoms with Gasteiger partial charge < -0.3 is 15.2 Å². The van der Waals surface area contributed by atoms with Gasteiger partial charge in [-0.3, -0.25) is 4.79 Å². The summed E-state index contributed by atoms with van der Waals surface area (Å²) in [6.45, 7) is 6.45. The van der Waals surface area contributed by atoms with Crippen molar-refractivity contribution >= 4 is 18.4 Å². The summed E-state index contributed by atoms with van der Waals surface area (Å²) < 4.78 is 10.5. The van der Waals surface area contributed by atoms with Gasteiger partial charge in [-0.15, -0.1) is 19.0 Å². The third kappa shape index (κ3) is 6.74. The zero-order valence-corrected chi connectivity index (χ0v) is 16.8. The first kappa shape index (κ1) is 22.7. The smallest absolute Gasteiger partial charge is 0.307 e. The van der Waals surface area contributed by atoms with Crippen LogP contribution >= 0.6 is 12.4 Å². The van der Waals surface area contributed by atoms with Crippen molar-refractivity contribution in [2.24, 2.45) is 5.73 Å². The van der Waals surface area contributed by atoms with Gasteiger partial charge in [-0.05, 0) is 60.2 Å². The Labute approximate surface area is 167 Å². The van der Waals surface area contributed by atoms with Gasteiger partial charge in [-0.1, -0.05) is 30.3 Å². The second kappa shape index (κ2) is 11.4. The van der Waals surface area contributed by atoms with E-state index in [-0.39, 0.29) is 30.8 Å². The number of hydrogen-bond donors (Lipinski definition) is 1. The van der Waals surface area contributed by atoms with E-state index in [1.165, 1.54) is 7.11 Å². The summed E-state index contributed by atoms with van der Waals surface area (Å²) in [7, 11) is 1.37. The summed E-state index contributed by atoms with van der Waals surface area (Å²) >= 11 is 0. The highest BCUT2D eigenvalue weighted by molar-refractivity contribution is 5.85. The molecule has 0 spiro atoms. The maximum atomic E-state index is 11.5. The number of esters is 1. The number of allylic oxidation sites excluding steroid dienone is 1. The number of halogens is 1. The Bertz CT molecular complexity index is 761. The van der Waals surface area contributed by atoms with E-state index in [4.69, 9.17) is 15.2 Å². The Hall–Kier alpha value is -2.30. The molecular weight excluding hydrogens is 362 g/mol. The number of hydrogen-bond acceptors (Lipinski definition) is 4. The molecule has 2 N–H and O–H groups in total. The van der Waals surface area contributed by atoms with Crippen LogP contribution in [0.4, 0.5) is 0 Å². The minimum atomic E-state index is -0.388. The molecule has 0 unspecified atom stereocenters. The quantitative estimate of drug-likeness (QED) is 0.372. The number of nitrogens with two attached hydrogens (primary N) is 1. The Kier molecular flexibility index (Phi) is 9.62. The first-order valence-corrected chi connectivity index (χ1v) is 8.82. The van der Waals surface area contributed by atoms with Gasteiger partial charge in [0.25, 0.3) is 0 Å². The molecule has 2 rings (SSSR count). The van der Waals surface area contributed by atoms with Crippen LogP contribution in [0.5, 0.6) is 5.75 Å². The number of carbonyl (C=O) groups is 1. The molecule has 146 valence electrons. The van der Waals surface area contributed by atoms with Crippen LogP contribution in [0, 0.1) is 6.92 Å². The average Bonchev–Trinajstić information content (AvgIpc) is 2.66. The fraction of sp³-hybridized carbons (Fsp3) is 0.318. The van der Waals surface area contributed by atoms with Gasteiger partial charge in [0.2, 0.25) is 0 Å². The highest BCUT2D eigenvalue weighted by Gasteiger charge is 2.13. The maximum Gasteiger partial charge on any atom is 0.307 e. The third-order valence-corrected chi connectivity index (χ3v) is 4.27. The normalized spacial score (nSPS) is 11.2. The average molecular weight is 390 g/mol. The molecule has 0 heterocycles. The lowest BCUT2D eigenvalue weighted by Crippen LogP contribution is -2.16. The number of unbranched alkanes of at least 4 members (excludes halogenated alkanes) is 1. The molecule has 0 radical (unpaired) electrons. The predicted octanol–water partition coefficient (Wildman–Crippen LogP) is 4.99. The van der Waals surface area contributed by atoms with E-state index in [0.29, 0.717) is 6.61 Å². The first-order valence-electron chi connectivity index (χ1n) is 8.82. The van der Waals surface area contributed by atoms with Gasteiger partial charge in [-0.25, -0.2) is 0 Å². The molecule has 5 heteroatoms. The van der Waals surface area contributed by atoms with E-state index < -0.39 is 0 Å². The molecule has 0 amide bonds. The lowest BCUT2D eigenvalue weighted by molar-refractivity contribution is -0.141. The highest BCUT2D eigenvalue weighted by atomic mass is 35.5. The van der Waals surface area contributed by atoms with E-state index in [0.717, 1.165) is 40.8 Å². The standard InChI is InChI=1S/C22H27NO3.ClH/c1-4-5-6-12-26-19-11-10-16(2)20(14-19)17-8-7-9-18(13-17)21(23)15-22(24)25-3;/h4,7-11,13-14,21H,1,5-6,12,15,23H2,2-3H3;1H/t21-;/m0./s1. The molecule has 2 aromatic rings. The molecule has 0 aliphatic rings. The van der Waals surface area contributed by atoms with Crippen molar-refractivity contribution in [1.29, 1.82) is 0 Å². The molecule has 0 bridgehead atoms. The van der Waals surface area contributed by atoms with Crippen LogP contribution in [-0.2, 0) is 9.53 Å². The van der Waals surface area contributed by atoms with Crippen LogP contribution in [0.3, 0.4) is 0 Å².